The molecule has 1 amide bonds. The van der Waals surface area contributed by atoms with Crippen LogP contribution in [-0.4, -0.2) is 34.0 Å². The summed E-state index contributed by atoms with van der Waals surface area (Å²) in [4.78, 5) is 12.6. The first kappa shape index (κ1) is 15.8. The molecular formula is C17H17NO6. The van der Waals surface area contributed by atoms with Gasteiger partial charge in [-0.15, -0.1) is 0 Å². The van der Waals surface area contributed by atoms with Crippen LogP contribution in [0.1, 0.15) is 10.4 Å². The largest absolute Gasteiger partial charge is 0.493 e. The van der Waals surface area contributed by atoms with E-state index in [0.29, 0.717) is 40.0 Å². The molecule has 3 rings (SSSR count). The van der Waals surface area contributed by atoms with Crippen LogP contribution < -0.4 is 29.0 Å². The van der Waals surface area contributed by atoms with Gasteiger partial charge in [0.25, 0.3) is 5.91 Å². The molecule has 1 aliphatic rings. The molecule has 0 atom stereocenters. The van der Waals surface area contributed by atoms with Gasteiger partial charge in [0.15, 0.2) is 23.0 Å². The monoisotopic (exact) mass is 331 g/mol. The third-order valence-electron chi connectivity index (χ3n) is 3.56. The summed E-state index contributed by atoms with van der Waals surface area (Å²) in [6.45, 7) is 0.101. The molecule has 7 heteroatoms. The van der Waals surface area contributed by atoms with Gasteiger partial charge in [-0.1, -0.05) is 6.07 Å². The van der Waals surface area contributed by atoms with Gasteiger partial charge in [0.1, 0.15) is 0 Å². The molecule has 0 saturated heterocycles. The van der Waals surface area contributed by atoms with Crippen LogP contribution in [0.15, 0.2) is 30.3 Å². The maximum absolute atomic E-state index is 12.6. The third-order valence-corrected chi connectivity index (χ3v) is 3.56. The van der Waals surface area contributed by atoms with Gasteiger partial charge in [-0.2, -0.15) is 0 Å². The summed E-state index contributed by atoms with van der Waals surface area (Å²) >= 11 is 0. The summed E-state index contributed by atoms with van der Waals surface area (Å²) in [7, 11) is 4.54. The van der Waals surface area contributed by atoms with Gasteiger partial charge < -0.3 is 29.0 Å². The summed E-state index contributed by atoms with van der Waals surface area (Å²) in [6.07, 6.45) is 0. The fourth-order valence-corrected chi connectivity index (χ4v) is 2.46. The van der Waals surface area contributed by atoms with E-state index in [9.17, 15) is 4.79 Å². The highest BCUT2D eigenvalue weighted by Gasteiger charge is 2.22. The molecule has 0 bridgehead atoms. The van der Waals surface area contributed by atoms with Crippen LogP contribution in [0.25, 0.3) is 0 Å². The van der Waals surface area contributed by atoms with Crippen LogP contribution in [0.3, 0.4) is 0 Å². The topological polar surface area (TPSA) is 75.3 Å². The maximum atomic E-state index is 12.6. The highest BCUT2D eigenvalue weighted by molar-refractivity contribution is 6.07. The molecule has 126 valence electrons. The number of carbonyl (C=O) groups excluding carboxylic acids is 1. The Morgan fingerprint density at radius 2 is 1.75 bits per heavy atom. The van der Waals surface area contributed by atoms with Crippen LogP contribution >= 0.6 is 0 Å². The zero-order valence-electron chi connectivity index (χ0n) is 13.5. The predicted octanol–water partition coefficient (Wildman–Crippen LogP) is 2.69. The van der Waals surface area contributed by atoms with Crippen LogP contribution in [0.5, 0.6) is 28.7 Å². The molecule has 2 aromatic rings. The lowest BCUT2D eigenvalue weighted by Crippen LogP contribution is -2.13. The summed E-state index contributed by atoms with van der Waals surface area (Å²) in [5, 5.41) is 2.80. The Kier molecular flexibility index (Phi) is 4.33. The molecule has 1 heterocycles. The Morgan fingerprint density at radius 1 is 1.04 bits per heavy atom. The quantitative estimate of drug-likeness (QED) is 0.908. The van der Waals surface area contributed by atoms with Crippen molar-refractivity contribution in [3.05, 3.63) is 35.9 Å². The molecule has 0 aromatic heterocycles. The zero-order chi connectivity index (χ0) is 17.1. The molecule has 0 fully saturated rings. The summed E-state index contributed by atoms with van der Waals surface area (Å²) in [6, 6.07) is 8.45. The maximum Gasteiger partial charge on any atom is 0.259 e. The first-order chi connectivity index (χ1) is 11.7. The zero-order valence-corrected chi connectivity index (χ0v) is 13.5. The van der Waals surface area contributed by atoms with Crippen molar-refractivity contribution in [2.75, 3.05) is 33.4 Å². The first-order valence-electron chi connectivity index (χ1n) is 7.18. The highest BCUT2D eigenvalue weighted by atomic mass is 16.7. The first-order valence-corrected chi connectivity index (χ1v) is 7.18. The van der Waals surface area contributed by atoms with E-state index in [1.54, 1.807) is 30.3 Å². The molecule has 0 aliphatic carbocycles. The standard InChI is InChI=1S/C17H17NO6/c1-20-13-7-10(8-14(21-2)16(13)22-3)18-17(19)11-5-4-6-12-15(11)24-9-23-12/h4-8H,9H2,1-3H3,(H,18,19). The second-order valence-corrected chi connectivity index (χ2v) is 4.91. The summed E-state index contributed by atoms with van der Waals surface area (Å²) in [5.41, 5.74) is 0.893. The summed E-state index contributed by atoms with van der Waals surface area (Å²) < 4.78 is 26.5. The van der Waals surface area contributed by atoms with Gasteiger partial charge in [-0.3, -0.25) is 4.79 Å². The van der Waals surface area contributed by atoms with E-state index in [1.807, 2.05) is 0 Å². The number of anilines is 1. The lowest BCUT2D eigenvalue weighted by Gasteiger charge is -2.15. The number of hydrogen-bond donors (Lipinski definition) is 1. The Bertz CT molecular complexity index is 749. The van der Waals surface area contributed by atoms with Gasteiger partial charge in [-0.25, -0.2) is 0 Å². The molecule has 0 unspecified atom stereocenters. The van der Waals surface area contributed by atoms with E-state index in [-0.39, 0.29) is 12.7 Å². The fourth-order valence-electron chi connectivity index (χ4n) is 2.46. The van der Waals surface area contributed by atoms with Crippen LogP contribution in [0.4, 0.5) is 5.69 Å². The minimum absolute atomic E-state index is 0.101. The highest BCUT2D eigenvalue weighted by Crippen LogP contribution is 2.40. The molecule has 0 spiro atoms. The van der Waals surface area contributed by atoms with E-state index in [2.05, 4.69) is 5.32 Å². The molecule has 1 aliphatic heterocycles. The molecule has 2 aromatic carbocycles. The number of rotatable bonds is 5. The number of benzene rings is 2. The molecule has 0 radical (unpaired) electrons. The third kappa shape index (κ3) is 2.76. The second-order valence-electron chi connectivity index (χ2n) is 4.91. The lowest BCUT2D eigenvalue weighted by molar-refractivity contribution is 0.102. The van der Waals surface area contributed by atoms with E-state index in [4.69, 9.17) is 23.7 Å². The van der Waals surface area contributed by atoms with Gasteiger partial charge >= 0.3 is 0 Å². The van der Waals surface area contributed by atoms with Crippen molar-refractivity contribution in [2.24, 2.45) is 0 Å². The van der Waals surface area contributed by atoms with Crippen LogP contribution in [0.2, 0.25) is 0 Å². The van der Waals surface area contributed by atoms with Crippen molar-refractivity contribution in [1.82, 2.24) is 0 Å². The van der Waals surface area contributed by atoms with E-state index < -0.39 is 0 Å². The summed E-state index contributed by atoms with van der Waals surface area (Å²) in [5.74, 6) is 2.01. The van der Waals surface area contributed by atoms with E-state index in [0.717, 1.165) is 0 Å². The Hall–Kier alpha value is -3.09. The molecule has 0 saturated carbocycles. The SMILES string of the molecule is COc1cc(NC(=O)c2cccc3c2OCO3)cc(OC)c1OC. The molecule has 24 heavy (non-hydrogen) atoms. The number of ether oxygens (including phenoxy) is 5. The number of nitrogens with one attached hydrogen (secondary N) is 1. The minimum Gasteiger partial charge on any atom is -0.493 e. The van der Waals surface area contributed by atoms with Crippen LogP contribution in [-0.2, 0) is 0 Å². The lowest BCUT2D eigenvalue weighted by atomic mass is 10.1. The Labute approximate surface area is 139 Å². The van der Waals surface area contributed by atoms with Crippen molar-refractivity contribution in [3.63, 3.8) is 0 Å². The smallest absolute Gasteiger partial charge is 0.259 e. The van der Waals surface area contributed by atoms with Crippen molar-refractivity contribution in [2.45, 2.75) is 0 Å². The van der Waals surface area contributed by atoms with Crippen molar-refractivity contribution >= 4 is 11.6 Å². The fraction of sp³-hybridized carbons (Fsp3) is 0.235. The van der Waals surface area contributed by atoms with E-state index in [1.165, 1.54) is 21.3 Å². The average molecular weight is 331 g/mol. The van der Waals surface area contributed by atoms with Crippen molar-refractivity contribution < 1.29 is 28.5 Å². The average Bonchev–Trinajstić information content (AvgIpc) is 3.09. The Morgan fingerprint density at radius 3 is 2.38 bits per heavy atom. The number of hydrogen-bond acceptors (Lipinski definition) is 6. The van der Waals surface area contributed by atoms with Gasteiger partial charge in [0, 0.05) is 17.8 Å². The number of fused-ring (bicyclic) bond motifs is 1. The Balaban J connectivity index is 1.91. The van der Waals surface area contributed by atoms with Crippen molar-refractivity contribution in [3.8, 4) is 28.7 Å². The molecular weight excluding hydrogens is 314 g/mol. The van der Waals surface area contributed by atoms with Crippen molar-refractivity contribution in [1.29, 1.82) is 0 Å². The van der Waals surface area contributed by atoms with Crippen LogP contribution in [0, 0.1) is 0 Å². The predicted molar refractivity (Wildman–Crippen MR) is 86.6 cm³/mol. The number of carbonyl (C=O) groups is 1. The number of amides is 1. The van der Waals surface area contributed by atoms with E-state index >= 15 is 0 Å². The van der Waals surface area contributed by atoms with Gasteiger partial charge in [0.05, 0.1) is 26.9 Å². The number of para-hydroxylation sites is 1. The number of methoxy groups -OCH3 is 3. The minimum atomic E-state index is -0.327. The molecule has 7 nitrogen and oxygen atoms in total. The van der Waals surface area contributed by atoms with Gasteiger partial charge in [0.2, 0.25) is 12.5 Å². The normalized spacial score (nSPS) is 11.8. The van der Waals surface area contributed by atoms with Gasteiger partial charge in [-0.05, 0) is 12.1 Å². The second kappa shape index (κ2) is 6.57. The molecule has 1 N–H and O–H groups in total.